The van der Waals surface area contributed by atoms with E-state index in [2.05, 4.69) is 15.3 Å². The topological polar surface area (TPSA) is 70.9 Å². The highest BCUT2D eigenvalue weighted by molar-refractivity contribution is 6.33. The van der Waals surface area contributed by atoms with Crippen LogP contribution in [0.1, 0.15) is 11.3 Å². The second kappa shape index (κ2) is 9.21. The first kappa shape index (κ1) is 22.0. The highest BCUT2D eigenvalue weighted by Crippen LogP contribution is 2.30. The van der Waals surface area contributed by atoms with Gasteiger partial charge in [0, 0.05) is 27.9 Å². The Balaban J connectivity index is 1.31. The number of nitrogens with zero attached hydrogens (tertiary/aromatic N) is 1. The van der Waals surface area contributed by atoms with Gasteiger partial charge in [-0.05, 0) is 67.1 Å². The number of hydrogen-bond acceptors (Lipinski definition) is 3. The summed E-state index contributed by atoms with van der Waals surface area (Å²) in [6.07, 6.45) is 3.03. The van der Waals surface area contributed by atoms with Gasteiger partial charge in [-0.25, -0.2) is 4.98 Å². The number of carbonyl (C=O) groups is 1. The molecule has 0 unspecified atom stereocenters. The van der Waals surface area contributed by atoms with Crippen molar-refractivity contribution in [2.75, 3.05) is 5.32 Å². The van der Waals surface area contributed by atoms with E-state index in [0.717, 1.165) is 22.2 Å². The number of amides is 1. The van der Waals surface area contributed by atoms with Crippen molar-refractivity contribution in [2.24, 2.45) is 0 Å². The van der Waals surface area contributed by atoms with Crippen molar-refractivity contribution < 1.29 is 9.21 Å². The minimum Gasteiger partial charge on any atom is -0.457 e. The molecule has 0 saturated heterocycles. The van der Waals surface area contributed by atoms with Crippen LogP contribution >= 0.6 is 23.2 Å². The molecule has 0 bridgehead atoms. The van der Waals surface area contributed by atoms with Crippen LogP contribution in [0.5, 0.6) is 0 Å². The number of fused-ring (bicyclic) bond motifs is 1. The maximum absolute atomic E-state index is 12.5. The molecular formula is C27H19Cl2N3O2. The first-order valence-corrected chi connectivity index (χ1v) is 11.3. The minimum absolute atomic E-state index is 0.297. The minimum atomic E-state index is -0.297. The van der Waals surface area contributed by atoms with Crippen LogP contribution in [-0.4, -0.2) is 15.9 Å². The summed E-state index contributed by atoms with van der Waals surface area (Å²) in [4.78, 5) is 20.4. The van der Waals surface area contributed by atoms with Gasteiger partial charge in [0.2, 0.25) is 5.91 Å². The predicted octanol–water partition coefficient (Wildman–Crippen LogP) is 7.76. The summed E-state index contributed by atoms with van der Waals surface area (Å²) in [7, 11) is 0. The third-order valence-corrected chi connectivity index (χ3v) is 6.10. The van der Waals surface area contributed by atoms with E-state index >= 15 is 0 Å². The fourth-order valence-electron chi connectivity index (χ4n) is 3.55. The maximum atomic E-state index is 12.5. The number of anilines is 1. The lowest BCUT2D eigenvalue weighted by Crippen LogP contribution is -2.07. The molecule has 168 valence electrons. The number of imidazole rings is 1. The van der Waals surface area contributed by atoms with E-state index in [9.17, 15) is 4.79 Å². The fraction of sp³-hybridized carbons (Fsp3) is 0.0370. The molecule has 0 aliphatic carbocycles. The van der Waals surface area contributed by atoms with Crippen LogP contribution in [0.25, 0.3) is 39.8 Å². The van der Waals surface area contributed by atoms with E-state index < -0.39 is 0 Å². The average Bonchev–Trinajstić information content (AvgIpc) is 3.48. The highest BCUT2D eigenvalue weighted by atomic mass is 35.5. The van der Waals surface area contributed by atoms with Crippen LogP contribution in [-0.2, 0) is 4.79 Å². The number of aryl methyl sites for hydroxylation is 1. The highest BCUT2D eigenvalue weighted by Gasteiger charge is 2.11. The summed E-state index contributed by atoms with van der Waals surface area (Å²) in [5, 5.41) is 4.06. The van der Waals surface area contributed by atoms with Gasteiger partial charge in [-0.3, -0.25) is 4.79 Å². The molecule has 5 nitrogen and oxygen atoms in total. The van der Waals surface area contributed by atoms with E-state index in [1.807, 2.05) is 55.5 Å². The van der Waals surface area contributed by atoms with Crippen molar-refractivity contribution in [3.63, 3.8) is 0 Å². The molecule has 0 saturated carbocycles. The number of benzene rings is 3. The molecule has 3 aromatic carbocycles. The number of rotatable bonds is 5. The second-order valence-electron chi connectivity index (χ2n) is 7.79. The Hall–Kier alpha value is -3.80. The number of hydrogen-bond donors (Lipinski definition) is 2. The van der Waals surface area contributed by atoms with Crippen molar-refractivity contribution in [2.45, 2.75) is 6.92 Å². The molecular weight excluding hydrogens is 469 g/mol. The third-order valence-electron chi connectivity index (χ3n) is 5.36. The Morgan fingerprint density at radius 2 is 1.85 bits per heavy atom. The van der Waals surface area contributed by atoms with Crippen LogP contribution in [0.15, 0.2) is 83.3 Å². The summed E-state index contributed by atoms with van der Waals surface area (Å²) in [6, 6.07) is 22.4. The van der Waals surface area contributed by atoms with Gasteiger partial charge in [-0.2, -0.15) is 0 Å². The lowest BCUT2D eigenvalue weighted by molar-refractivity contribution is -0.111. The van der Waals surface area contributed by atoms with E-state index in [4.69, 9.17) is 27.6 Å². The van der Waals surface area contributed by atoms with E-state index in [1.54, 1.807) is 30.3 Å². The zero-order chi connectivity index (χ0) is 23.7. The first-order valence-electron chi connectivity index (χ1n) is 10.6. The van der Waals surface area contributed by atoms with E-state index in [0.29, 0.717) is 38.6 Å². The molecule has 0 spiro atoms. The Labute approximate surface area is 206 Å². The van der Waals surface area contributed by atoms with Crippen molar-refractivity contribution >= 4 is 51.9 Å². The predicted molar refractivity (Wildman–Crippen MR) is 138 cm³/mol. The number of aromatic amines is 1. The van der Waals surface area contributed by atoms with Crippen molar-refractivity contribution in [3.05, 3.63) is 100 Å². The van der Waals surface area contributed by atoms with Gasteiger partial charge in [0.05, 0.1) is 16.1 Å². The summed E-state index contributed by atoms with van der Waals surface area (Å²) >= 11 is 12.6. The molecule has 2 heterocycles. The number of aromatic nitrogens is 2. The molecule has 5 aromatic rings. The van der Waals surface area contributed by atoms with Crippen LogP contribution in [0.4, 0.5) is 5.69 Å². The lowest BCUT2D eigenvalue weighted by Gasteiger charge is -2.06. The summed E-state index contributed by atoms with van der Waals surface area (Å²) in [5.41, 5.74) is 4.93. The van der Waals surface area contributed by atoms with Gasteiger partial charge in [0.1, 0.15) is 17.3 Å². The van der Waals surface area contributed by atoms with Crippen LogP contribution < -0.4 is 5.32 Å². The third kappa shape index (κ3) is 4.62. The molecule has 0 atom stereocenters. The molecule has 2 aromatic heterocycles. The molecule has 0 aliphatic rings. The van der Waals surface area contributed by atoms with Crippen molar-refractivity contribution in [1.29, 1.82) is 0 Å². The number of H-pyrrole nitrogens is 1. The van der Waals surface area contributed by atoms with Gasteiger partial charge in [0.25, 0.3) is 0 Å². The average molecular weight is 488 g/mol. The zero-order valence-corrected chi connectivity index (χ0v) is 19.6. The van der Waals surface area contributed by atoms with E-state index in [-0.39, 0.29) is 5.91 Å². The number of nitrogens with one attached hydrogen (secondary N) is 2. The molecule has 34 heavy (non-hydrogen) atoms. The Bertz CT molecular complexity index is 1520. The standard InChI is InChI=1S/C27H19Cl2N3O2/c1-16-6-7-17(14-22(16)29)25-12-9-19(34-25)10-13-26(33)30-18-8-11-21(28)20(15-18)27-31-23-4-2-3-5-24(23)32-27/h2-15H,1H3,(H,30,33)(H,31,32)/b13-10+. The number of furan rings is 1. The summed E-state index contributed by atoms with van der Waals surface area (Å²) < 4.78 is 5.83. The molecule has 0 radical (unpaired) electrons. The number of para-hydroxylation sites is 2. The molecule has 5 rings (SSSR count). The molecule has 0 aliphatic heterocycles. The SMILES string of the molecule is Cc1ccc(-c2ccc(/C=C/C(=O)Nc3ccc(Cl)c(-c4nc5ccccc5[nH]4)c3)o2)cc1Cl. The monoisotopic (exact) mass is 487 g/mol. The Morgan fingerprint density at radius 3 is 2.68 bits per heavy atom. The molecule has 0 fully saturated rings. The Kier molecular flexibility index (Phi) is 5.97. The molecule has 1 amide bonds. The van der Waals surface area contributed by atoms with Crippen LogP contribution in [0.3, 0.4) is 0 Å². The normalized spacial score (nSPS) is 11.4. The van der Waals surface area contributed by atoms with E-state index in [1.165, 1.54) is 6.08 Å². The summed E-state index contributed by atoms with van der Waals surface area (Å²) in [5.74, 6) is 1.57. The number of halogens is 2. The second-order valence-corrected chi connectivity index (χ2v) is 8.60. The maximum Gasteiger partial charge on any atom is 0.248 e. The zero-order valence-electron chi connectivity index (χ0n) is 18.1. The van der Waals surface area contributed by atoms with Crippen molar-refractivity contribution in [1.82, 2.24) is 9.97 Å². The molecule has 7 heteroatoms. The lowest BCUT2D eigenvalue weighted by atomic mass is 10.1. The largest absolute Gasteiger partial charge is 0.457 e. The van der Waals surface area contributed by atoms with Crippen molar-refractivity contribution in [3.8, 4) is 22.7 Å². The summed E-state index contributed by atoms with van der Waals surface area (Å²) in [6.45, 7) is 1.95. The molecule has 2 N–H and O–H groups in total. The van der Waals surface area contributed by atoms with Crippen LogP contribution in [0.2, 0.25) is 10.0 Å². The first-order chi connectivity index (χ1) is 16.5. The fourth-order valence-corrected chi connectivity index (χ4v) is 3.94. The van der Waals surface area contributed by atoms with Gasteiger partial charge in [0.15, 0.2) is 0 Å². The van der Waals surface area contributed by atoms with Gasteiger partial charge in [-0.15, -0.1) is 0 Å². The van der Waals surface area contributed by atoms with Gasteiger partial charge in [-0.1, -0.05) is 47.5 Å². The van der Waals surface area contributed by atoms with Gasteiger partial charge < -0.3 is 14.7 Å². The quantitative estimate of drug-likeness (QED) is 0.249. The van der Waals surface area contributed by atoms with Crippen LogP contribution in [0, 0.1) is 6.92 Å². The van der Waals surface area contributed by atoms with Gasteiger partial charge >= 0.3 is 0 Å². The smallest absolute Gasteiger partial charge is 0.248 e. The Morgan fingerprint density at radius 1 is 1.00 bits per heavy atom. The number of carbonyl (C=O) groups excluding carboxylic acids is 1.